The molecule has 0 unspecified atom stereocenters. The summed E-state index contributed by atoms with van der Waals surface area (Å²) < 4.78 is 4.75. The number of esters is 1. The minimum absolute atomic E-state index is 0.211. The predicted octanol–water partition coefficient (Wildman–Crippen LogP) is 1.44. The maximum absolute atomic E-state index is 12.6. The van der Waals surface area contributed by atoms with Crippen LogP contribution in [0.5, 0.6) is 0 Å². The van der Waals surface area contributed by atoms with Crippen molar-refractivity contribution in [3.05, 3.63) is 35.9 Å². The van der Waals surface area contributed by atoms with Crippen molar-refractivity contribution in [1.82, 2.24) is 10.6 Å². The second-order valence-corrected chi connectivity index (χ2v) is 6.16. The second kappa shape index (κ2) is 9.70. The molecule has 0 radical (unpaired) electrons. The van der Waals surface area contributed by atoms with Crippen molar-refractivity contribution in [2.45, 2.75) is 45.7 Å². The minimum Gasteiger partial charge on any atom is -0.467 e. The van der Waals surface area contributed by atoms with Gasteiger partial charge >= 0.3 is 5.97 Å². The van der Waals surface area contributed by atoms with Crippen molar-refractivity contribution in [2.75, 3.05) is 7.11 Å². The van der Waals surface area contributed by atoms with Crippen molar-refractivity contribution in [2.24, 2.45) is 5.92 Å². The van der Waals surface area contributed by atoms with Crippen LogP contribution in [0.15, 0.2) is 30.3 Å². The molecule has 1 aromatic rings. The lowest BCUT2D eigenvalue weighted by atomic mass is 10.0. The minimum atomic E-state index is -0.746. The highest BCUT2D eigenvalue weighted by Crippen LogP contribution is 2.08. The van der Waals surface area contributed by atoms with Gasteiger partial charge in [0.25, 0.3) is 0 Å². The fraction of sp³-hybridized carbons (Fsp3) is 0.500. The van der Waals surface area contributed by atoms with E-state index in [1.165, 1.54) is 14.0 Å². The largest absolute Gasteiger partial charge is 0.467 e. The Labute approximate surface area is 143 Å². The predicted molar refractivity (Wildman–Crippen MR) is 91.2 cm³/mol. The normalized spacial score (nSPS) is 13.0. The summed E-state index contributed by atoms with van der Waals surface area (Å²) in [7, 11) is 1.29. The van der Waals surface area contributed by atoms with Gasteiger partial charge in [-0.2, -0.15) is 0 Å². The first-order valence-corrected chi connectivity index (χ1v) is 8.02. The van der Waals surface area contributed by atoms with Gasteiger partial charge in [0, 0.05) is 13.3 Å². The number of hydrogen-bond donors (Lipinski definition) is 2. The van der Waals surface area contributed by atoms with Crippen molar-refractivity contribution < 1.29 is 19.1 Å². The zero-order chi connectivity index (χ0) is 18.1. The summed E-state index contributed by atoms with van der Waals surface area (Å²) in [6.07, 6.45) is 0.818. The quantitative estimate of drug-likeness (QED) is 0.705. The summed E-state index contributed by atoms with van der Waals surface area (Å²) in [6.45, 7) is 5.27. The van der Waals surface area contributed by atoms with Gasteiger partial charge in [-0.15, -0.1) is 0 Å². The SMILES string of the molecule is COC(=O)[C@@H](CC(C)C)NC(=O)[C@H](Cc1ccccc1)NC(C)=O. The smallest absolute Gasteiger partial charge is 0.328 e. The molecule has 0 aliphatic rings. The molecule has 6 heteroatoms. The van der Waals surface area contributed by atoms with Crippen LogP contribution >= 0.6 is 0 Å². The van der Waals surface area contributed by atoms with Crippen LogP contribution < -0.4 is 10.6 Å². The van der Waals surface area contributed by atoms with E-state index in [9.17, 15) is 14.4 Å². The highest BCUT2D eigenvalue weighted by atomic mass is 16.5. The molecule has 0 aliphatic heterocycles. The second-order valence-electron chi connectivity index (χ2n) is 6.16. The van der Waals surface area contributed by atoms with Gasteiger partial charge in [0.15, 0.2) is 0 Å². The Bertz CT molecular complexity index is 557. The fourth-order valence-corrected chi connectivity index (χ4v) is 2.40. The van der Waals surface area contributed by atoms with Crippen LogP contribution in [-0.2, 0) is 25.5 Å². The molecule has 0 spiro atoms. The van der Waals surface area contributed by atoms with Gasteiger partial charge in [0.05, 0.1) is 7.11 Å². The van der Waals surface area contributed by atoms with E-state index in [1.54, 1.807) is 0 Å². The van der Waals surface area contributed by atoms with Crippen molar-refractivity contribution in [3.8, 4) is 0 Å². The van der Waals surface area contributed by atoms with Crippen LogP contribution in [-0.4, -0.2) is 37.0 Å². The van der Waals surface area contributed by atoms with Gasteiger partial charge in [0.2, 0.25) is 11.8 Å². The molecule has 0 saturated carbocycles. The van der Waals surface area contributed by atoms with Crippen molar-refractivity contribution in [3.63, 3.8) is 0 Å². The van der Waals surface area contributed by atoms with E-state index in [1.807, 2.05) is 44.2 Å². The van der Waals surface area contributed by atoms with Gasteiger partial charge in [-0.3, -0.25) is 9.59 Å². The van der Waals surface area contributed by atoms with E-state index in [2.05, 4.69) is 10.6 Å². The Morgan fingerprint density at radius 2 is 1.67 bits per heavy atom. The molecule has 2 atom stereocenters. The number of amides is 2. The number of carbonyl (C=O) groups is 3. The molecule has 0 bridgehead atoms. The lowest BCUT2D eigenvalue weighted by molar-refractivity contribution is -0.145. The van der Waals surface area contributed by atoms with E-state index in [4.69, 9.17) is 4.74 Å². The third-order valence-corrected chi connectivity index (χ3v) is 3.49. The van der Waals surface area contributed by atoms with Gasteiger partial charge in [-0.05, 0) is 17.9 Å². The fourth-order valence-electron chi connectivity index (χ4n) is 2.40. The Morgan fingerprint density at radius 3 is 2.17 bits per heavy atom. The van der Waals surface area contributed by atoms with Crippen LogP contribution in [0.25, 0.3) is 0 Å². The molecule has 0 saturated heterocycles. The monoisotopic (exact) mass is 334 g/mol. The summed E-state index contributed by atoms with van der Waals surface area (Å²) in [5, 5.41) is 5.34. The first kappa shape index (κ1) is 19.7. The van der Waals surface area contributed by atoms with Crippen LogP contribution in [0.4, 0.5) is 0 Å². The van der Waals surface area contributed by atoms with Crippen molar-refractivity contribution in [1.29, 1.82) is 0 Å². The Morgan fingerprint density at radius 1 is 1.04 bits per heavy atom. The molecule has 0 heterocycles. The van der Waals surface area contributed by atoms with Gasteiger partial charge < -0.3 is 15.4 Å². The molecular weight excluding hydrogens is 308 g/mol. The first-order chi connectivity index (χ1) is 11.3. The zero-order valence-electron chi connectivity index (χ0n) is 14.7. The van der Waals surface area contributed by atoms with Crippen LogP contribution in [0.3, 0.4) is 0 Å². The summed E-state index contributed by atoms with van der Waals surface area (Å²) in [4.78, 5) is 35.8. The van der Waals surface area contributed by atoms with Crippen LogP contribution in [0, 0.1) is 5.92 Å². The average Bonchev–Trinajstić information content (AvgIpc) is 2.53. The van der Waals surface area contributed by atoms with E-state index in [-0.39, 0.29) is 11.8 Å². The molecule has 0 fully saturated rings. The maximum atomic E-state index is 12.6. The molecule has 2 amide bonds. The van der Waals surface area contributed by atoms with Crippen LogP contribution in [0.2, 0.25) is 0 Å². The summed E-state index contributed by atoms with van der Waals surface area (Å²) in [5.74, 6) is -0.976. The van der Waals surface area contributed by atoms with Gasteiger partial charge in [-0.1, -0.05) is 44.2 Å². The lowest BCUT2D eigenvalue weighted by Crippen LogP contribution is -2.52. The standard InChI is InChI=1S/C18H26N2O4/c1-12(2)10-16(18(23)24-4)20-17(22)15(19-13(3)21)11-14-8-6-5-7-9-14/h5-9,12,15-16H,10-11H2,1-4H3,(H,19,21)(H,20,22)/t15-,16+/m0/s1. The number of methoxy groups -OCH3 is 1. The summed E-state index contributed by atoms with van der Waals surface area (Å²) >= 11 is 0. The van der Waals surface area contributed by atoms with E-state index in [0.717, 1.165) is 5.56 Å². The molecular formula is C18H26N2O4. The molecule has 24 heavy (non-hydrogen) atoms. The van der Waals surface area contributed by atoms with E-state index >= 15 is 0 Å². The molecule has 6 nitrogen and oxygen atoms in total. The van der Waals surface area contributed by atoms with Gasteiger partial charge in [-0.25, -0.2) is 4.79 Å². The summed E-state index contributed by atoms with van der Waals surface area (Å²) in [5.41, 5.74) is 0.921. The highest BCUT2D eigenvalue weighted by molar-refractivity contribution is 5.90. The molecule has 132 valence electrons. The lowest BCUT2D eigenvalue weighted by Gasteiger charge is -2.23. The maximum Gasteiger partial charge on any atom is 0.328 e. The zero-order valence-corrected chi connectivity index (χ0v) is 14.7. The Kier molecular flexibility index (Phi) is 7.95. The topological polar surface area (TPSA) is 84.5 Å². The number of rotatable bonds is 8. The summed E-state index contributed by atoms with van der Waals surface area (Å²) in [6, 6.07) is 7.91. The average molecular weight is 334 g/mol. The third-order valence-electron chi connectivity index (χ3n) is 3.49. The highest BCUT2D eigenvalue weighted by Gasteiger charge is 2.27. The number of hydrogen-bond acceptors (Lipinski definition) is 4. The first-order valence-electron chi connectivity index (χ1n) is 8.02. The molecule has 1 aromatic carbocycles. The molecule has 0 aromatic heterocycles. The molecule has 2 N–H and O–H groups in total. The van der Waals surface area contributed by atoms with E-state index < -0.39 is 24.0 Å². The Balaban J connectivity index is 2.85. The molecule has 0 aliphatic carbocycles. The number of carbonyl (C=O) groups excluding carboxylic acids is 3. The number of nitrogens with one attached hydrogen (secondary N) is 2. The van der Waals surface area contributed by atoms with Gasteiger partial charge in [0.1, 0.15) is 12.1 Å². The van der Waals surface area contributed by atoms with E-state index in [0.29, 0.717) is 12.8 Å². The van der Waals surface area contributed by atoms with Crippen molar-refractivity contribution >= 4 is 17.8 Å². The number of benzene rings is 1. The van der Waals surface area contributed by atoms with Crippen LogP contribution in [0.1, 0.15) is 32.8 Å². The Hall–Kier alpha value is -2.37. The molecule has 1 rings (SSSR count). The number of ether oxygens (including phenoxy) is 1. The third kappa shape index (κ3) is 6.81.